The van der Waals surface area contributed by atoms with E-state index >= 15 is 0 Å². The third kappa shape index (κ3) is 14.7. The van der Waals surface area contributed by atoms with E-state index in [0.717, 1.165) is 24.2 Å². The molecule has 0 bridgehead atoms. The molecule has 2 N–H and O–H groups in total. The van der Waals surface area contributed by atoms with Gasteiger partial charge in [-0.25, -0.2) is 0 Å². The first-order valence-corrected chi connectivity index (χ1v) is 11.2. The van der Waals surface area contributed by atoms with Gasteiger partial charge in [0, 0.05) is 11.8 Å². The van der Waals surface area contributed by atoms with Crippen LogP contribution < -0.4 is 0 Å². The van der Waals surface area contributed by atoms with Gasteiger partial charge in [0.15, 0.2) is 0 Å². The number of hydrogen-bond acceptors (Lipinski definition) is 4. The summed E-state index contributed by atoms with van der Waals surface area (Å²) in [5.41, 5.74) is -3.21. The van der Waals surface area contributed by atoms with Crippen molar-refractivity contribution in [1.82, 2.24) is 0 Å². The summed E-state index contributed by atoms with van der Waals surface area (Å²) in [4.78, 5) is 18.3. The fourth-order valence-electron chi connectivity index (χ4n) is 1.15. The summed E-state index contributed by atoms with van der Waals surface area (Å²) < 4.78 is 11.2. The van der Waals surface area contributed by atoms with Crippen LogP contribution in [0.25, 0.3) is 0 Å². The predicted molar refractivity (Wildman–Crippen MR) is 90.1 cm³/mol. The van der Waals surface area contributed by atoms with Gasteiger partial charge in [0.05, 0.1) is 13.2 Å². The van der Waals surface area contributed by atoms with Crippen molar-refractivity contribution in [1.29, 1.82) is 0 Å². The van der Waals surface area contributed by atoms with E-state index in [4.69, 9.17) is 19.3 Å². The van der Waals surface area contributed by atoms with E-state index in [1.807, 2.05) is 0 Å². The molecule has 0 radical (unpaired) electrons. The minimum atomic E-state index is -3.21. The van der Waals surface area contributed by atoms with E-state index < -0.39 is 5.69 Å². The number of hydrogen-bond donors (Lipinski definition) is 2. The number of ether oxygens (including phenoxy) is 2. The first kappa shape index (κ1) is 20.3. The molecule has 0 unspecified atom stereocenters. The Morgan fingerprint density at radius 2 is 1.55 bits per heavy atom. The lowest BCUT2D eigenvalue weighted by atomic mass is 10.1. The van der Waals surface area contributed by atoms with Gasteiger partial charge in [-0.3, -0.25) is 0 Å². The summed E-state index contributed by atoms with van der Waals surface area (Å²) in [6, 6.07) is 0. The van der Waals surface area contributed by atoms with Crippen molar-refractivity contribution in [3.05, 3.63) is 12.0 Å². The Kier molecular flexibility index (Phi) is 11.1. The largest absolute Gasteiger partial charge is 0.466 e. The van der Waals surface area contributed by atoms with Crippen molar-refractivity contribution in [2.24, 2.45) is 11.8 Å². The van der Waals surface area contributed by atoms with Crippen molar-refractivity contribution in [2.75, 3.05) is 19.0 Å². The van der Waals surface area contributed by atoms with Crippen LogP contribution in [0.5, 0.6) is 0 Å². The lowest BCUT2D eigenvalue weighted by molar-refractivity contribution is 0.0273. The van der Waals surface area contributed by atoms with Crippen molar-refractivity contribution >= 4 is 28.9 Å². The van der Waals surface area contributed by atoms with Crippen LogP contribution in [0.3, 0.4) is 0 Å². The monoisotopic (exact) mass is 342 g/mol. The van der Waals surface area contributed by atoms with Gasteiger partial charge in [-0.05, 0) is 36.5 Å². The quantitative estimate of drug-likeness (QED) is 0.439. The normalized spacial score (nSPS) is 11.8. The van der Waals surface area contributed by atoms with Crippen molar-refractivity contribution in [2.45, 2.75) is 40.5 Å². The Bertz CT molecular complexity index is 310. The number of rotatable bonds is 11. The zero-order chi connectivity index (χ0) is 15.6. The highest BCUT2D eigenvalue weighted by Gasteiger charge is 2.08. The fourth-order valence-corrected chi connectivity index (χ4v) is 2.91. The maximum absolute atomic E-state index is 9.16. The minimum Gasteiger partial charge on any atom is -0.466 e. The Hall–Kier alpha value is 0.260. The van der Waals surface area contributed by atoms with Crippen LogP contribution in [0.2, 0.25) is 0 Å². The molecule has 0 aromatic carbocycles. The van der Waals surface area contributed by atoms with Crippen LogP contribution in [0, 0.1) is 11.8 Å². The lowest BCUT2D eigenvalue weighted by Crippen LogP contribution is -2.05. The molecule has 0 aromatic rings. The first-order valence-electron chi connectivity index (χ1n) is 6.86. The molecule has 0 aliphatic carbocycles. The van der Waals surface area contributed by atoms with Gasteiger partial charge in [-0.2, -0.15) is 0 Å². The molecule has 0 fully saturated rings. The van der Waals surface area contributed by atoms with E-state index in [0.29, 0.717) is 36.7 Å². The van der Waals surface area contributed by atoms with E-state index in [-0.39, 0.29) is 0 Å². The average molecular weight is 342 g/mol. The Balaban J connectivity index is 4.22. The topological polar surface area (TPSA) is 58.9 Å². The molecule has 0 saturated heterocycles. The molecule has 0 atom stereocenters. The maximum Gasteiger partial charge on any atom is 0.275 e. The molecule has 0 aromatic heterocycles. The first-order chi connectivity index (χ1) is 9.20. The van der Waals surface area contributed by atoms with Crippen LogP contribution in [-0.4, -0.2) is 28.8 Å². The van der Waals surface area contributed by atoms with Gasteiger partial charge in [-0.15, -0.1) is 0 Å². The van der Waals surface area contributed by atoms with Crippen LogP contribution in [0.1, 0.15) is 40.5 Å². The van der Waals surface area contributed by atoms with Crippen LogP contribution in [0.4, 0.5) is 0 Å². The molecule has 0 aliphatic heterocycles. The minimum absolute atomic E-state index is 0.378. The van der Waals surface area contributed by atoms with Gasteiger partial charge in [0.1, 0.15) is 0 Å². The molecular weight excluding hydrogens is 315 g/mol. The Morgan fingerprint density at radius 1 is 1.10 bits per heavy atom. The fraction of sp³-hybridized carbons (Fsp3) is 0.846. The molecule has 0 spiro atoms. The van der Waals surface area contributed by atoms with Crippen LogP contribution in [0.15, 0.2) is 12.0 Å². The zero-order valence-corrected chi connectivity index (χ0v) is 15.3. The standard InChI is InChI=1S/C13H27O4PS2/c1-11(2)5-8-16-13(17-9-6-12(3)4)7-10-20-18(14,15)19/h7,11-12H,5-6,8-10H2,1-4H3,(H2,14,15,19). The molecule has 7 heteroatoms. The molecule has 0 amide bonds. The van der Waals surface area contributed by atoms with Crippen molar-refractivity contribution in [3.63, 3.8) is 0 Å². The van der Waals surface area contributed by atoms with Crippen LogP contribution >= 0.6 is 17.1 Å². The Labute approximate surface area is 131 Å². The summed E-state index contributed by atoms with van der Waals surface area (Å²) in [6.45, 7) is 9.74. The highest BCUT2D eigenvalue weighted by atomic mass is 32.9. The second-order valence-corrected chi connectivity index (χ2v) is 11.5. The molecule has 120 valence electrons. The molecule has 0 heterocycles. The summed E-state index contributed by atoms with van der Waals surface area (Å²) in [5.74, 6) is 1.98. The SMILES string of the molecule is CC(C)CCOC(=CCSP(O)(O)=S)OCCC(C)C. The molecule has 20 heavy (non-hydrogen) atoms. The highest BCUT2D eigenvalue weighted by molar-refractivity contribution is 8.67. The molecule has 4 nitrogen and oxygen atoms in total. The van der Waals surface area contributed by atoms with Gasteiger partial charge in [0.25, 0.3) is 5.95 Å². The summed E-state index contributed by atoms with van der Waals surface area (Å²) >= 11 is 5.50. The Morgan fingerprint density at radius 3 is 1.90 bits per heavy atom. The second kappa shape index (κ2) is 10.9. The summed E-state index contributed by atoms with van der Waals surface area (Å²) in [7, 11) is 0. The van der Waals surface area contributed by atoms with Gasteiger partial charge in [-0.1, -0.05) is 39.1 Å². The molecule has 0 aliphatic rings. The second-order valence-electron chi connectivity index (χ2n) is 5.37. The van der Waals surface area contributed by atoms with Gasteiger partial charge >= 0.3 is 0 Å². The highest BCUT2D eigenvalue weighted by Crippen LogP contribution is 2.50. The molecule has 0 rings (SSSR count). The van der Waals surface area contributed by atoms with Gasteiger partial charge in [0.2, 0.25) is 5.69 Å². The smallest absolute Gasteiger partial charge is 0.275 e. The molecular formula is C13H27O4PS2. The maximum atomic E-state index is 9.16. The van der Waals surface area contributed by atoms with Gasteiger partial charge < -0.3 is 19.3 Å². The third-order valence-corrected chi connectivity index (χ3v) is 5.43. The van der Waals surface area contributed by atoms with Crippen LogP contribution in [-0.2, 0) is 21.3 Å². The van der Waals surface area contributed by atoms with E-state index in [1.54, 1.807) is 6.08 Å². The predicted octanol–water partition coefficient (Wildman–Crippen LogP) is 3.90. The third-order valence-electron chi connectivity index (χ3n) is 2.37. The van der Waals surface area contributed by atoms with E-state index in [1.165, 1.54) is 0 Å². The van der Waals surface area contributed by atoms with Crippen molar-refractivity contribution < 1.29 is 19.3 Å². The van der Waals surface area contributed by atoms with E-state index in [2.05, 4.69) is 39.5 Å². The average Bonchev–Trinajstić information content (AvgIpc) is 2.25. The molecule has 0 saturated carbocycles. The van der Waals surface area contributed by atoms with Crippen molar-refractivity contribution in [3.8, 4) is 0 Å². The summed E-state index contributed by atoms with van der Waals surface area (Å²) in [5, 5.41) is 0. The summed E-state index contributed by atoms with van der Waals surface area (Å²) in [6.07, 6.45) is 3.63. The lowest BCUT2D eigenvalue weighted by Gasteiger charge is -2.14. The zero-order valence-electron chi connectivity index (χ0n) is 12.7. The van der Waals surface area contributed by atoms with E-state index in [9.17, 15) is 0 Å².